The Balaban J connectivity index is 1.73. The molecule has 26 heavy (non-hydrogen) atoms. The second-order valence-electron chi connectivity index (χ2n) is 6.97. The lowest BCUT2D eigenvalue weighted by molar-refractivity contribution is 0.0460. The van der Waals surface area contributed by atoms with Gasteiger partial charge in [0.2, 0.25) is 0 Å². The summed E-state index contributed by atoms with van der Waals surface area (Å²) >= 11 is 0. The summed E-state index contributed by atoms with van der Waals surface area (Å²) in [5, 5.41) is 9.67. The van der Waals surface area contributed by atoms with Crippen LogP contribution >= 0.6 is 0 Å². The van der Waals surface area contributed by atoms with Crippen LogP contribution < -0.4 is 4.74 Å². The number of benzene rings is 2. The lowest BCUT2D eigenvalue weighted by atomic mass is 9.93. The van der Waals surface area contributed by atoms with Crippen LogP contribution in [0.1, 0.15) is 47.8 Å². The summed E-state index contributed by atoms with van der Waals surface area (Å²) in [5.74, 6) is 6.51. The minimum atomic E-state index is -1.03. The zero-order valence-electron chi connectivity index (χ0n) is 15.3. The first-order chi connectivity index (χ1) is 12.4. The molecule has 0 bridgehead atoms. The number of ether oxygens (including phenoxy) is 1. The molecule has 2 aromatic carbocycles. The Kier molecular flexibility index (Phi) is 5.01. The van der Waals surface area contributed by atoms with Gasteiger partial charge in [0.1, 0.15) is 11.4 Å². The quantitative estimate of drug-likeness (QED) is 0.864. The summed E-state index contributed by atoms with van der Waals surface area (Å²) in [6.45, 7) is 4.03. The highest BCUT2D eigenvalue weighted by Crippen LogP contribution is 2.35. The average Bonchev–Trinajstić information content (AvgIpc) is 2.59. The van der Waals surface area contributed by atoms with Crippen LogP contribution in [0.4, 0.5) is 0 Å². The lowest BCUT2D eigenvalue weighted by Gasteiger charge is -2.41. The average molecular weight is 349 g/mol. The monoisotopic (exact) mass is 349 g/mol. The standard InChI is InChI=1S/C22H23NO3/c1-22(2,25)13-11-16-7-9-17(10-8-16)21(24)23-14-12-20(23)18-5-4-6-19(15-18)26-3/h4-10,15,20,25H,12,14H2,1-3H3. The number of aliphatic hydroxyl groups is 1. The van der Waals surface area contributed by atoms with Crippen LogP contribution in [0.15, 0.2) is 48.5 Å². The highest BCUT2D eigenvalue weighted by Gasteiger charge is 2.33. The van der Waals surface area contributed by atoms with Crippen LogP contribution in [-0.2, 0) is 0 Å². The maximum atomic E-state index is 12.8. The fourth-order valence-electron chi connectivity index (χ4n) is 2.91. The van der Waals surface area contributed by atoms with Crippen molar-refractivity contribution in [2.75, 3.05) is 13.7 Å². The van der Waals surface area contributed by atoms with Crippen LogP contribution in [0, 0.1) is 11.8 Å². The third-order valence-corrected chi connectivity index (χ3v) is 4.40. The number of hydrogen-bond donors (Lipinski definition) is 1. The zero-order chi connectivity index (χ0) is 18.7. The molecule has 1 amide bonds. The van der Waals surface area contributed by atoms with E-state index in [-0.39, 0.29) is 11.9 Å². The number of nitrogens with zero attached hydrogens (tertiary/aromatic N) is 1. The second kappa shape index (κ2) is 7.23. The number of rotatable bonds is 3. The van der Waals surface area contributed by atoms with Gasteiger partial charge in [-0.3, -0.25) is 4.79 Å². The minimum absolute atomic E-state index is 0.0195. The van der Waals surface area contributed by atoms with E-state index in [9.17, 15) is 9.90 Å². The molecule has 0 radical (unpaired) electrons. The van der Waals surface area contributed by atoms with Gasteiger partial charge in [0.05, 0.1) is 13.2 Å². The molecule has 4 heteroatoms. The van der Waals surface area contributed by atoms with Crippen LogP contribution in [0.2, 0.25) is 0 Å². The molecule has 3 rings (SSSR count). The van der Waals surface area contributed by atoms with E-state index in [0.717, 1.165) is 29.8 Å². The van der Waals surface area contributed by atoms with Crippen LogP contribution in [0.25, 0.3) is 0 Å². The van der Waals surface area contributed by atoms with E-state index in [4.69, 9.17) is 4.74 Å². The van der Waals surface area contributed by atoms with Gasteiger partial charge < -0.3 is 14.7 Å². The zero-order valence-corrected chi connectivity index (χ0v) is 15.3. The molecule has 1 saturated heterocycles. The summed E-state index contributed by atoms with van der Waals surface area (Å²) in [4.78, 5) is 14.7. The first kappa shape index (κ1) is 18.0. The lowest BCUT2D eigenvalue weighted by Crippen LogP contribution is -2.45. The Hall–Kier alpha value is -2.77. The van der Waals surface area contributed by atoms with E-state index in [1.54, 1.807) is 33.1 Å². The third kappa shape index (κ3) is 4.07. The first-order valence-electron chi connectivity index (χ1n) is 8.68. The van der Waals surface area contributed by atoms with Crippen molar-refractivity contribution in [3.05, 3.63) is 65.2 Å². The number of carbonyl (C=O) groups is 1. The van der Waals surface area contributed by atoms with Crippen molar-refractivity contribution >= 4 is 5.91 Å². The molecule has 1 aliphatic rings. The van der Waals surface area contributed by atoms with E-state index in [2.05, 4.69) is 11.8 Å². The summed E-state index contributed by atoms with van der Waals surface area (Å²) < 4.78 is 5.28. The maximum Gasteiger partial charge on any atom is 0.254 e. The Morgan fingerprint density at radius 1 is 1.23 bits per heavy atom. The minimum Gasteiger partial charge on any atom is -0.497 e. The molecule has 0 spiro atoms. The van der Waals surface area contributed by atoms with E-state index >= 15 is 0 Å². The molecule has 0 aromatic heterocycles. The van der Waals surface area contributed by atoms with Crippen molar-refractivity contribution < 1.29 is 14.6 Å². The smallest absolute Gasteiger partial charge is 0.254 e. The van der Waals surface area contributed by atoms with Gasteiger partial charge in [-0.25, -0.2) is 0 Å². The van der Waals surface area contributed by atoms with Gasteiger partial charge in [-0.1, -0.05) is 24.0 Å². The molecule has 1 heterocycles. The van der Waals surface area contributed by atoms with Gasteiger partial charge in [0, 0.05) is 17.7 Å². The van der Waals surface area contributed by atoms with Crippen molar-refractivity contribution in [3.8, 4) is 17.6 Å². The van der Waals surface area contributed by atoms with Gasteiger partial charge in [-0.05, 0) is 62.2 Å². The van der Waals surface area contributed by atoms with Crippen LogP contribution in [-0.4, -0.2) is 35.2 Å². The number of amides is 1. The maximum absolute atomic E-state index is 12.8. The van der Waals surface area contributed by atoms with Crippen molar-refractivity contribution in [1.82, 2.24) is 4.90 Å². The summed E-state index contributed by atoms with van der Waals surface area (Å²) in [6, 6.07) is 15.2. The van der Waals surface area contributed by atoms with Gasteiger partial charge in [-0.2, -0.15) is 0 Å². The molecule has 1 N–H and O–H groups in total. The molecule has 2 aromatic rings. The molecule has 0 aliphatic carbocycles. The predicted octanol–water partition coefficient (Wildman–Crippen LogP) is 3.40. The second-order valence-corrected chi connectivity index (χ2v) is 6.97. The van der Waals surface area contributed by atoms with E-state index in [1.807, 2.05) is 41.3 Å². The molecule has 1 atom stereocenters. The summed E-state index contributed by atoms with van der Waals surface area (Å²) in [7, 11) is 1.64. The predicted molar refractivity (Wildman–Crippen MR) is 101 cm³/mol. The molecule has 0 saturated carbocycles. The Morgan fingerprint density at radius 3 is 2.54 bits per heavy atom. The van der Waals surface area contributed by atoms with Crippen molar-refractivity contribution in [2.45, 2.75) is 31.9 Å². The number of methoxy groups -OCH3 is 1. The van der Waals surface area contributed by atoms with Gasteiger partial charge in [0.25, 0.3) is 5.91 Å². The molecule has 1 fully saturated rings. The highest BCUT2D eigenvalue weighted by atomic mass is 16.5. The van der Waals surface area contributed by atoms with E-state index in [1.165, 1.54) is 0 Å². The Morgan fingerprint density at radius 2 is 1.96 bits per heavy atom. The highest BCUT2D eigenvalue weighted by molar-refractivity contribution is 5.95. The van der Waals surface area contributed by atoms with Gasteiger partial charge in [0.15, 0.2) is 0 Å². The fourth-order valence-corrected chi connectivity index (χ4v) is 2.91. The molecule has 4 nitrogen and oxygen atoms in total. The van der Waals surface area contributed by atoms with Crippen LogP contribution in [0.5, 0.6) is 5.75 Å². The van der Waals surface area contributed by atoms with Crippen molar-refractivity contribution in [1.29, 1.82) is 0 Å². The van der Waals surface area contributed by atoms with Crippen molar-refractivity contribution in [3.63, 3.8) is 0 Å². The van der Waals surface area contributed by atoms with Gasteiger partial charge in [-0.15, -0.1) is 0 Å². The first-order valence-corrected chi connectivity index (χ1v) is 8.68. The molecule has 1 unspecified atom stereocenters. The Bertz CT molecular complexity index is 853. The summed E-state index contributed by atoms with van der Waals surface area (Å²) in [6.07, 6.45) is 0.952. The van der Waals surface area contributed by atoms with Gasteiger partial charge >= 0.3 is 0 Å². The molecule has 134 valence electrons. The summed E-state index contributed by atoms with van der Waals surface area (Å²) in [5.41, 5.74) is 1.48. The van der Waals surface area contributed by atoms with Crippen LogP contribution in [0.3, 0.4) is 0 Å². The molecule has 1 aliphatic heterocycles. The van der Waals surface area contributed by atoms with E-state index in [0.29, 0.717) is 5.56 Å². The Labute approximate surface area is 154 Å². The van der Waals surface area contributed by atoms with E-state index < -0.39 is 5.60 Å². The molecular weight excluding hydrogens is 326 g/mol. The topological polar surface area (TPSA) is 49.8 Å². The largest absolute Gasteiger partial charge is 0.497 e. The number of likely N-dealkylation sites (tertiary alicyclic amines) is 1. The SMILES string of the molecule is COc1cccc(C2CCN2C(=O)c2ccc(C#CC(C)(C)O)cc2)c1. The normalized spacial score (nSPS) is 16.3. The number of hydrogen-bond acceptors (Lipinski definition) is 3. The van der Waals surface area contributed by atoms with Crippen molar-refractivity contribution in [2.24, 2.45) is 0 Å². The molecular formula is C22H23NO3. The number of carbonyl (C=O) groups excluding carboxylic acids is 1. The third-order valence-electron chi connectivity index (χ3n) is 4.40. The fraction of sp³-hybridized carbons (Fsp3) is 0.318.